The number of benzene rings is 2. The second-order valence-electron chi connectivity index (χ2n) is 7.40. The van der Waals surface area contributed by atoms with Gasteiger partial charge in [-0.05, 0) is 29.8 Å². The second kappa shape index (κ2) is 8.59. The van der Waals surface area contributed by atoms with Crippen LogP contribution in [0.5, 0.6) is 0 Å². The lowest BCUT2D eigenvalue weighted by atomic mass is 9.98. The van der Waals surface area contributed by atoms with E-state index in [4.69, 9.17) is 16.8 Å². The maximum Gasteiger partial charge on any atom is 0.268 e. The van der Waals surface area contributed by atoms with E-state index in [0.29, 0.717) is 30.2 Å². The molecule has 1 atom stereocenters. The number of H-pyrrole nitrogens is 1. The van der Waals surface area contributed by atoms with Crippen molar-refractivity contribution in [2.24, 2.45) is 11.1 Å². The zero-order chi connectivity index (χ0) is 21.1. The molecule has 154 valence electrons. The number of likely N-dealkylation sites (tertiary alicyclic amines) is 1. The molecular weight excluding hydrogens is 404 g/mol. The summed E-state index contributed by atoms with van der Waals surface area (Å²) in [7, 11) is 0. The standard InChI is InChI=1S/C22H21ClN4O3/c23-17-6-7-18-16(9-17)10-19(25-18)21(28)26-20(8-14-4-2-1-3-5-14)22(29)27-12-15(13-27)11-24-30/h1-7,9-11,15,20,25,30H,8,12-13H2,(H,26,28)/b24-11+/t20-/m0/s1. The summed E-state index contributed by atoms with van der Waals surface area (Å²) in [6.45, 7) is 0.934. The SMILES string of the molecule is O=C(N[C@@H](Cc1ccccc1)C(=O)N1CC(/C=N/O)C1)c1cc2cc(Cl)ccc2[nH]1. The van der Waals surface area contributed by atoms with E-state index < -0.39 is 6.04 Å². The molecular formula is C22H21ClN4O3. The molecule has 1 aliphatic rings. The van der Waals surface area contributed by atoms with Crippen molar-refractivity contribution in [3.05, 3.63) is 70.9 Å². The van der Waals surface area contributed by atoms with Gasteiger partial charge < -0.3 is 20.4 Å². The topological polar surface area (TPSA) is 97.8 Å². The average Bonchev–Trinajstić information content (AvgIpc) is 3.13. The number of aromatic nitrogens is 1. The van der Waals surface area contributed by atoms with Gasteiger partial charge in [0.1, 0.15) is 11.7 Å². The van der Waals surface area contributed by atoms with Gasteiger partial charge in [-0.2, -0.15) is 0 Å². The summed E-state index contributed by atoms with van der Waals surface area (Å²) in [5.41, 5.74) is 2.12. The normalized spacial score (nSPS) is 15.3. The van der Waals surface area contributed by atoms with E-state index in [-0.39, 0.29) is 17.7 Å². The van der Waals surface area contributed by atoms with E-state index in [9.17, 15) is 9.59 Å². The van der Waals surface area contributed by atoms with Crippen molar-refractivity contribution < 1.29 is 14.8 Å². The minimum Gasteiger partial charge on any atom is -0.411 e. The molecule has 7 nitrogen and oxygen atoms in total. The fourth-order valence-corrected chi connectivity index (χ4v) is 3.79. The van der Waals surface area contributed by atoms with E-state index in [0.717, 1.165) is 16.5 Å². The predicted octanol–water partition coefficient (Wildman–Crippen LogP) is 3.08. The van der Waals surface area contributed by atoms with Crippen LogP contribution in [0.25, 0.3) is 10.9 Å². The van der Waals surface area contributed by atoms with Crippen molar-refractivity contribution in [2.45, 2.75) is 12.5 Å². The number of hydrogen-bond donors (Lipinski definition) is 3. The van der Waals surface area contributed by atoms with Crippen molar-refractivity contribution >= 4 is 40.5 Å². The first-order chi connectivity index (χ1) is 14.5. The molecule has 3 N–H and O–H groups in total. The van der Waals surface area contributed by atoms with Crippen molar-refractivity contribution in [3.8, 4) is 0 Å². The molecule has 4 rings (SSSR count). The third-order valence-corrected chi connectivity index (χ3v) is 5.45. The minimum absolute atomic E-state index is 0.0329. The summed E-state index contributed by atoms with van der Waals surface area (Å²) < 4.78 is 0. The molecule has 30 heavy (non-hydrogen) atoms. The number of carbonyl (C=O) groups is 2. The zero-order valence-electron chi connectivity index (χ0n) is 16.1. The molecule has 1 saturated heterocycles. The van der Waals surface area contributed by atoms with Crippen LogP contribution in [-0.4, -0.2) is 52.3 Å². The molecule has 0 radical (unpaired) electrons. The van der Waals surface area contributed by atoms with Crippen LogP contribution in [0.3, 0.4) is 0 Å². The van der Waals surface area contributed by atoms with Gasteiger partial charge in [0.05, 0.1) is 6.21 Å². The molecule has 1 aromatic heterocycles. The summed E-state index contributed by atoms with van der Waals surface area (Å²) in [6.07, 6.45) is 1.80. The van der Waals surface area contributed by atoms with Gasteiger partial charge in [0.2, 0.25) is 5.91 Å². The number of rotatable bonds is 6. The van der Waals surface area contributed by atoms with E-state index in [1.54, 1.807) is 23.1 Å². The molecule has 1 aliphatic heterocycles. The Morgan fingerprint density at radius 2 is 2.00 bits per heavy atom. The van der Waals surface area contributed by atoms with Gasteiger partial charge in [0.15, 0.2) is 0 Å². The van der Waals surface area contributed by atoms with Crippen LogP contribution in [0.2, 0.25) is 5.02 Å². The Balaban J connectivity index is 1.52. The van der Waals surface area contributed by atoms with Crippen LogP contribution < -0.4 is 5.32 Å². The van der Waals surface area contributed by atoms with Gasteiger partial charge in [0.25, 0.3) is 5.91 Å². The van der Waals surface area contributed by atoms with Crippen LogP contribution in [0.4, 0.5) is 0 Å². The number of nitrogens with zero attached hydrogens (tertiary/aromatic N) is 2. The maximum atomic E-state index is 13.0. The fourth-order valence-electron chi connectivity index (χ4n) is 3.61. The Labute approximate surface area is 178 Å². The molecule has 2 aromatic carbocycles. The van der Waals surface area contributed by atoms with Gasteiger partial charge in [-0.1, -0.05) is 41.9 Å². The largest absolute Gasteiger partial charge is 0.411 e. The number of fused-ring (bicyclic) bond motifs is 1. The first kappa shape index (κ1) is 20.0. The molecule has 0 aliphatic carbocycles. The Kier molecular flexibility index (Phi) is 5.72. The van der Waals surface area contributed by atoms with Crippen molar-refractivity contribution in [3.63, 3.8) is 0 Å². The third-order valence-electron chi connectivity index (χ3n) is 5.21. The van der Waals surface area contributed by atoms with Crippen LogP contribution >= 0.6 is 11.6 Å². The number of amides is 2. The van der Waals surface area contributed by atoms with Gasteiger partial charge >= 0.3 is 0 Å². The monoisotopic (exact) mass is 424 g/mol. The van der Waals surface area contributed by atoms with Gasteiger partial charge in [-0.3, -0.25) is 9.59 Å². The number of nitrogens with one attached hydrogen (secondary N) is 2. The molecule has 0 saturated carbocycles. The summed E-state index contributed by atoms with van der Waals surface area (Å²) in [4.78, 5) is 30.7. The van der Waals surface area contributed by atoms with Gasteiger partial charge in [-0.15, -0.1) is 5.16 Å². The van der Waals surface area contributed by atoms with Gasteiger partial charge in [-0.25, -0.2) is 0 Å². The van der Waals surface area contributed by atoms with Crippen LogP contribution in [0.15, 0.2) is 59.8 Å². The van der Waals surface area contributed by atoms with Crippen LogP contribution in [-0.2, 0) is 11.2 Å². The highest BCUT2D eigenvalue weighted by atomic mass is 35.5. The molecule has 0 unspecified atom stereocenters. The Morgan fingerprint density at radius 1 is 1.23 bits per heavy atom. The van der Waals surface area contributed by atoms with Gasteiger partial charge in [0, 0.05) is 41.4 Å². The highest BCUT2D eigenvalue weighted by molar-refractivity contribution is 6.31. The quantitative estimate of drug-likeness (QED) is 0.322. The zero-order valence-corrected chi connectivity index (χ0v) is 16.8. The lowest BCUT2D eigenvalue weighted by Gasteiger charge is -2.39. The van der Waals surface area contributed by atoms with E-state index in [2.05, 4.69) is 15.5 Å². The smallest absolute Gasteiger partial charge is 0.268 e. The molecule has 0 spiro atoms. The summed E-state index contributed by atoms with van der Waals surface area (Å²) in [5, 5.41) is 16.0. The van der Waals surface area contributed by atoms with Crippen molar-refractivity contribution in [1.82, 2.24) is 15.2 Å². The fraction of sp³-hybridized carbons (Fsp3) is 0.227. The van der Waals surface area contributed by atoms with Crippen molar-refractivity contribution in [1.29, 1.82) is 0 Å². The van der Waals surface area contributed by atoms with E-state index in [1.807, 2.05) is 36.4 Å². The molecule has 1 fully saturated rings. The summed E-state index contributed by atoms with van der Waals surface area (Å²) >= 11 is 6.03. The minimum atomic E-state index is -0.707. The number of aromatic amines is 1. The third kappa shape index (κ3) is 4.31. The molecule has 8 heteroatoms. The molecule has 0 bridgehead atoms. The summed E-state index contributed by atoms with van der Waals surface area (Å²) in [5.74, 6) is -0.481. The highest BCUT2D eigenvalue weighted by Gasteiger charge is 2.34. The number of carbonyl (C=O) groups excluding carboxylic acids is 2. The number of oxime groups is 1. The lowest BCUT2D eigenvalue weighted by Crippen LogP contribution is -2.58. The van der Waals surface area contributed by atoms with E-state index in [1.165, 1.54) is 6.21 Å². The molecule has 2 amide bonds. The van der Waals surface area contributed by atoms with E-state index >= 15 is 0 Å². The van der Waals surface area contributed by atoms with Crippen LogP contribution in [0.1, 0.15) is 16.1 Å². The molecule has 2 heterocycles. The highest BCUT2D eigenvalue weighted by Crippen LogP contribution is 2.21. The predicted molar refractivity (Wildman–Crippen MR) is 115 cm³/mol. The Bertz CT molecular complexity index is 1090. The number of halogens is 1. The van der Waals surface area contributed by atoms with Crippen molar-refractivity contribution in [2.75, 3.05) is 13.1 Å². The lowest BCUT2D eigenvalue weighted by molar-refractivity contribution is -0.138. The Morgan fingerprint density at radius 3 is 2.73 bits per heavy atom. The maximum absolute atomic E-state index is 13.0. The first-order valence-electron chi connectivity index (χ1n) is 9.63. The summed E-state index contributed by atoms with van der Waals surface area (Å²) in [6, 6.07) is 15.9. The second-order valence-corrected chi connectivity index (χ2v) is 7.83. The Hall–Kier alpha value is -3.32. The number of hydrogen-bond acceptors (Lipinski definition) is 4. The average molecular weight is 425 g/mol. The molecule has 3 aromatic rings. The first-order valence-corrected chi connectivity index (χ1v) is 10.0. The van der Waals surface area contributed by atoms with Crippen LogP contribution in [0, 0.1) is 5.92 Å².